The number of terminal acetylenes is 1. The molecule has 0 unspecified atom stereocenters. The molecular weight excluding hydrogens is 369 g/mol. The molecule has 140 valence electrons. The molecule has 0 spiro atoms. The van der Waals surface area contributed by atoms with Gasteiger partial charge in [0.05, 0.1) is 23.6 Å². The third-order valence-electron chi connectivity index (χ3n) is 4.79. The zero-order chi connectivity index (χ0) is 20.0. The van der Waals surface area contributed by atoms with Crippen LogP contribution in [0.3, 0.4) is 0 Å². The van der Waals surface area contributed by atoms with E-state index in [2.05, 4.69) is 21.0 Å². The summed E-state index contributed by atoms with van der Waals surface area (Å²) in [4.78, 5) is 13.5. The monoisotopic (exact) mass is 383 g/mol. The first kappa shape index (κ1) is 17.1. The van der Waals surface area contributed by atoms with Gasteiger partial charge in [0, 0.05) is 16.7 Å². The van der Waals surface area contributed by atoms with Gasteiger partial charge in [-0.15, -0.1) is 6.42 Å². The minimum absolute atomic E-state index is 0.264. The van der Waals surface area contributed by atoms with Crippen LogP contribution in [-0.2, 0) is 6.54 Å². The minimum atomic E-state index is -0.347. The topological polar surface area (TPSA) is 69.1 Å². The zero-order valence-corrected chi connectivity index (χ0v) is 15.4. The van der Waals surface area contributed by atoms with E-state index in [1.165, 1.54) is 6.07 Å². The number of benzene rings is 2. The molecule has 0 N–H and O–H groups in total. The number of rotatable bonds is 2. The molecule has 6 nitrogen and oxygen atoms in total. The van der Waals surface area contributed by atoms with Crippen LogP contribution in [0.5, 0.6) is 0 Å². The van der Waals surface area contributed by atoms with Crippen molar-refractivity contribution in [3.63, 3.8) is 0 Å². The molecule has 0 saturated heterocycles. The summed E-state index contributed by atoms with van der Waals surface area (Å²) in [6.45, 7) is 2.01. The van der Waals surface area contributed by atoms with Gasteiger partial charge in [-0.2, -0.15) is 4.98 Å². The molecule has 4 aromatic rings. The van der Waals surface area contributed by atoms with Crippen LogP contribution in [0.2, 0.25) is 0 Å². The number of aromatic nitrogens is 4. The molecule has 0 bridgehead atoms. The van der Waals surface area contributed by atoms with Crippen LogP contribution in [0.15, 0.2) is 58.3 Å². The Kier molecular flexibility index (Phi) is 3.85. The van der Waals surface area contributed by atoms with Crippen molar-refractivity contribution in [2.75, 3.05) is 0 Å². The van der Waals surface area contributed by atoms with Crippen LogP contribution in [0.1, 0.15) is 28.2 Å². The van der Waals surface area contributed by atoms with E-state index in [1.54, 1.807) is 31.5 Å². The van der Waals surface area contributed by atoms with E-state index in [9.17, 15) is 4.39 Å². The van der Waals surface area contributed by atoms with E-state index in [0.29, 0.717) is 34.2 Å². The molecule has 5 rings (SSSR count). The molecule has 0 atom stereocenters. The van der Waals surface area contributed by atoms with Crippen molar-refractivity contribution < 1.29 is 8.91 Å². The van der Waals surface area contributed by atoms with Gasteiger partial charge in [-0.05, 0) is 37.3 Å². The van der Waals surface area contributed by atoms with Gasteiger partial charge in [0.25, 0.3) is 5.89 Å². The van der Waals surface area contributed by atoms with Gasteiger partial charge in [-0.1, -0.05) is 23.2 Å². The summed E-state index contributed by atoms with van der Waals surface area (Å²) in [5, 5.41) is 3.84. The highest BCUT2D eigenvalue weighted by molar-refractivity contribution is 6.15. The van der Waals surface area contributed by atoms with E-state index in [-0.39, 0.29) is 12.4 Å². The Balaban J connectivity index is 1.77. The maximum absolute atomic E-state index is 14.6. The van der Waals surface area contributed by atoms with Crippen LogP contribution in [0.25, 0.3) is 17.3 Å². The molecule has 0 fully saturated rings. The van der Waals surface area contributed by atoms with Gasteiger partial charge in [0.15, 0.2) is 11.5 Å². The number of halogens is 1. The van der Waals surface area contributed by atoms with Gasteiger partial charge in [0.1, 0.15) is 12.1 Å². The number of nitrogens with zero attached hydrogens (tertiary/aromatic N) is 5. The Labute approximate surface area is 165 Å². The second kappa shape index (κ2) is 6.53. The summed E-state index contributed by atoms with van der Waals surface area (Å²) in [5.74, 6) is 3.13. The van der Waals surface area contributed by atoms with E-state index in [0.717, 1.165) is 16.9 Å². The predicted molar refractivity (Wildman–Crippen MR) is 105 cm³/mol. The fourth-order valence-corrected chi connectivity index (χ4v) is 3.45. The summed E-state index contributed by atoms with van der Waals surface area (Å²) < 4.78 is 21.8. The molecule has 1 aliphatic heterocycles. The molecule has 2 aromatic carbocycles. The second-order valence-electron chi connectivity index (χ2n) is 6.58. The average molecular weight is 383 g/mol. The predicted octanol–water partition coefficient (Wildman–Crippen LogP) is 3.70. The normalized spacial score (nSPS) is 12.5. The molecule has 29 heavy (non-hydrogen) atoms. The molecule has 1 aliphatic rings. The Morgan fingerprint density at radius 1 is 1.17 bits per heavy atom. The lowest BCUT2D eigenvalue weighted by Gasteiger charge is -2.12. The maximum atomic E-state index is 14.6. The number of aryl methyl sites for hydroxylation is 1. The van der Waals surface area contributed by atoms with Crippen molar-refractivity contribution in [3.8, 4) is 29.6 Å². The smallest absolute Gasteiger partial charge is 0.278 e. The largest absolute Gasteiger partial charge is 0.332 e. The van der Waals surface area contributed by atoms with Crippen molar-refractivity contribution >= 4 is 5.71 Å². The number of imidazole rings is 1. The molecule has 2 aromatic heterocycles. The zero-order valence-electron chi connectivity index (χ0n) is 15.4. The summed E-state index contributed by atoms with van der Waals surface area (Å²) >= 11 is 0. The number of hydrogen-bond donors (Lipinski definition) is 0. The third kappa shape index (κ3) is 2.74. The van der Waals surface area contributed by atoms with Crippen molar-refractivity contribution in [2.24, 2.45) is 4.99 Å². The average Bonchev–Trinajstić information content (AvgIpc) is 3.31. The van der Waals surface area contributed by atoms with Crippen molar-refractivity contribution in [1.82, 2.24) is 19.7 Å². The van der Waals surface area contributed by atoms with Gasteiger partial charge in [-0.3, -0.25) is 9.56 Å². The molecule has 0 saturated carbocycles. The fraction of sp³-hybridized carbons (Fsp3) is 0.0909. The number of hydrogen-bond acceptors (Lipinski definition) is 5. The standard InChI is InChI=1S/C22H14FN5O/c1-3-14-8-9-18-16(10-14)20(15-6-4-5-7-17(15)23)24-11-19-21(25-12-28(18)19)22-26-13(2)27-29-22/h1,4-10,12H,11H2,2H3. The van der Waals surface area contributed by atoms with Crippen LogP contribution < -0.4 is 0 Å². The third-order valence-corrected chi connectivity index (χ3v) is 4.79. The SMILES string of the molecule is C#Cc1ccc2c(c1)C(c1ccccc1F)=NCc1c(-c3nc(C)no3)ncn1-2. The highest BCUT2D eigenvalue weighted by Crippen LogP contribution is 2.31. The first-order chi connectivity index (χ1) is 14.2. The van der Waals surface area contributed by atoms with E-state index in [4.69, 9.17) is 15.9 Å². The molecule has 3 heterocycles. The summed E-state index contributed by atoms with van der Waals surface area (Å²) in [5.41, 5.74) is 4.49. The lowest BCUT2D eigenvalue weighted by atomic mass is 9.98. The van der Waals surface area contributed by atoms with Crippen LogP contribution in [-0.4, -0.2) is 25.4 Å². The van der Waals surface area contributed by atoms with Gasteiger partial charge in [0.2, 0.25) is 0 Å². The Morgan fingerprint density at radius 2 is 2.03 bits per heavy atom. The highest BCUT2D eigenvalue weighted by atomic mass is 19.1. The molecule has 0 radical (unpaired) electrons. The quantitative estimate of drug-likeness (QED) is 0.495. The molecule has 0 aliphatic carbocycles. The first-order valence-electron chi connectivity index (χ1n) is 8.93. The number of fused-ring (bicyclic) bond motifs is 3. The van der Waals surface area contributed by atoms with Gasteiger partial charge >= 0.3 is 0 Å². The highest BCUT2D eigenvalue weighted by Gasteiger charge is 2.25. The molecular formula is C22H14FN5O. The molecule has 7 heteroatoms. The minimum Gasteiger partial charge on any atom is -0.332 e. The van der Waals surface area contributed by atoms with E-state index >= 15 is 0 Å². The van der Waals surface area contributed by atoms with Crippen LogP contribution in [0, 0.1) is 25.1 Å². The summed E-state index contributed by atoms with van der Waals surface area (Å²) in [7, 11) is 0. The lowest BCUT2D eigenvalue weighted by Crippen LogP contribution is -2.09. The Hall–Kier alpha value is -4.05. The van der Waals surface area contributed by atoms with Crippen molar-refractivity contribution in [1.29, 1.82) is 0 Å². The fourth-order valence-electron chi connectivity index (χ4n) is 3.45. The van der Waals surface area contributed by atoms with Gasteiger partial charge < -0.3 is 4.52 Å². The van der Waals surface area contributed by atoms with Gasteiger partial charge in [-0.25, -0.2) is 9.37 Å². The first-order valence-corrected chi connectivity index (χ1v) is 8.93. The maximum Gasteiger partial charge on any atom is 0.278 e. The second-order valence-corrected chi connectivity index (χ2v) is 6.58. The summed E-state index contributed by atoms with van der Waals surface area (Å²) in [6.07, 6.45) is 7.28. The Morgan fingerprint density at radius 3 is 2.79 bits per heavy atom. The van der Waals surface area contributed by atoms with Crippen molar-refractivity contribution in [2.45, 2.75) is 13.5 Å². The van der Waals surface area contributed by atoms with E-state index < -0.39 is 0 Å². The molecule has 0 amide bonds. The summed E-state index contributed by atoms with van der Waals surface area (Å²) in [6, 6.07) is 12.1. The van der Waals surface area contributed by atoms with Crippen LogP contribution in [0.4, 0.5) is 4.39 Å². The van der Waals surface area contributed by atoms with Crippen LogP contribution >= 0.6 is 0 Å². The number of aliphatic imine (C=N–C) groups is 1. The van der Waals surface area contributed by atoms with E-state index in [1.807, 2.05) is 22.8 Å². The Bertz CT molecular complexity index is 1330. The van der Waals surface area contributed by atoms with Crippen molar-refractivity contribution in [3.05, 3.63) is 82.8 Å². The lowest BCUT2D eigenvalue weighted by molar-refractivity contribution is 0.424.